The lowest BCUT2D eigenvalue weighted by Gasteiger charge is -2.20. The molecule has 1 aromatic carbocycles. The van der Waals surface area contributed by atoms with Crippen LogP contribution in [0.3, 0.4) is 0 Å². The SMILES string of the molecule is CN=C(NCc1ccc(Br)cc1C)NC1CC(C)N(C2CC2)C1.I. The van der Waals surface area contributed by atoms with Gasteiger partial charge in [0.15, 0.2) is 5.96 Å². The first-order valence-electron chi connectivity index (χ1n) is 8.54. The number of aliphatic imine (C=N–C) groups is 1. The third-order valence-corrected chi connectivity index (χ3v) is 5.45. The van der Waals surface area contributed by atoms with Crippen molar-refractivity contribution in [2.45, 2.75) is 57.8 Å². The van der Waals surface area contributed by atoms with E-state index in [1.807, 2.05) is 7.05 Å². The summed E-state index contributed by atoms with van der Waals surface area (Å²) in [5.41, 5.74) is 2.59. The van der Waals surface area contributed by atoms with Crippen LogP contribution in [-0.2, 0) is 6.54 Å². The number of likely N-dealkylation sites (tertiary alicyclic amines) is 1. The number of nitrogens with one attached hydrogen (secondary N) is 2. The van der Waals surface area contributed by atoms with Crippen LogP contribution in [0.2, 0.25) is 0 Å². The Morgan fingerprint density at radius 3 is 2.75 bits per heavy atom. The molecule has 1 aliphatic heterocycles. The lowest BCUT2D eigenvalue weighted by Crippen LogP contribution is -2.44. The lowest BCUT2D eigenvalue weighted by atomic mass is 10.1. The maximum atomic E-state index is 4.39. The average molecular weight is 507 g/mol. The summed E-state index contributed by atoms with van der Waals surface area (Å²) in [6.45, 7) is 6.43. The molecule has 1 aliphatic carbocycles. The van der Waals surface area contributed by atoms with E-state index in [4.69, 9.17) is 0 Å². The van der Waals surface area contributed by atoms with Gasteiger partial charge in [0.25, 0.3) is 0 Å². The van der Waals surface area contributed by atoms with Gasteiger partial charge in [-0.15, -0.1) is 24.0 Å². The molecule has 0 spiro atoms. The van der Waals surface area contributed by atoms with Gasteiger partial charge >= 0.3 is 0 Å². The van der Waals surface area contributed by atoms with E-state index in [0.717, 1.165) is 29.6 Å². The Bertz CT molecular complexity index is 588. The Morgan fingerprint density at radius 2 is 2.12 bits per heavy atom. The quantitative estimate of drug-likeness (QED) is 0.372. The molecule has 1 aromatic rings. The van der Waals surface area contributed by atoms with Crippen LogP contribution in [0.4, 0.5) is 0 Å². The van der Waals surface area contributed by atoms with Crippen LogP contribution >= 0.6 is 39.9 Å². The highest BCUT2D eigenvalue weighted by Crippen LogP contribution is 2.33. The maximum absolute atomic E-state index is 4.39. The van der Waals surface area contributed by atoms with Crippen molar-refractivity contribution in [3.63, 3.8) is 0 Å². The van der Waals surface area contributed by atoms with Crippen molar-refractivity contribution in [2.24, 2.45) is 4.99 Å². The Morgan fingerprint density at radius 1 is 1.38 bits per heavy atom. The van der Waals surface area contributed by atoms with Crippen molar-refractivity contribution in [1.82, 2.24) is 15.5 Å². The summed E-state index contributed by atoms with van der Waals surface area (Å²) in [6, 6.07) is 8.43. The molecule has 2 N–H and O–H groups in total. The molecule has 4 nitrogen and oxygen atoms in total. The van der Waals surface area contributed by atoms with Gasteiger partial charge in [-0.2, -0.15) is 0 Å². The van der Waals surface area contributed by atoms with Crippen LogP contribution in [-0.4, -0.2) is 42.6 Å². The van der Waals surface area contributed by atoms with Gasteiger partial charge in [0.1, 0.15) is 0 Å². The van der Waals surface area contributed by atoms with Crippen LogP contribution in [0.5, 0.6) is 0 Å². The molecular formula is C18H28BrIN4. The number of nitrogens with zero attached hydrogens (tertiary/aromatic N) is 2. The van der Waals surface area contributed by atoms with E-state index < -0.39 is 0 Å². The van der Waals surface area contributed by atoms with Crippen molar-refractivity contribution in [2.75, 3.05) is 13.6 Å². The standard InChI is InChI=1S/C18H27BrN4.HI/c1-12-8-15(19)5-4-14(12)10-21-18(20-3)22-16-9-13(2)23(11-16)17-6-7-17;/h4-5,8,13,16-17H,6-7,9-11H2,1-3H3,(H2,20,21,22);1H. The fourth-order valence-corrected chi connectivity index (χ4v) is 3.98. The number of benzene rings is 1. The predicted molar refractivity (Wildman–Crippen MR) is 115 cm³/mol. The molecule has 1 heterocycles. The number of hydrogen-bond donors (Lipinski definition) is 2. The fourth-order valence-electron chi connectivity index (χ4n) is 3.50. The second-order valence-corrected chi connectivity index (χ2v) is 7.77. The summed E-state index contributed by atoms with van der Waals surface area (Å²) >= 11 is 3.52. The second kappa shape index (κ2) is 8.85. The van der Waals surface area contributed by atoms with Gasteiger partial charge in [-0.1, -0.05) is 22.0 Å². The third kappa shape index (κ3) is 5.08. The average Bonchev–Trinajstić information content (AvgIpc) is 3.29. The van der Waals surface area contributed by atoms with E-state index in [2.05, 4.69) is 68.5 Å². The molecule has 1 saturated heterocycles. The Hall–Kier alpha value is -0.340. The summed E-state index contributed by atoms with van der Waals surface area (Å²) in [7, 11) is 1.85. The largest absolute Gasteiger partial charge is 0.352 e. The number of guanidine groups is 1. The summed E-state index contributed by atoms with van der Waals surface area (Å²) < 4.78 is 1.13. The van der Waals surface area contributed by atoms with Gasteiger partial charge in [-0.3, -0.25) is 9.89 Å². The molecule has 0 amide bonds. The number of hydrogen-bond acceptors (Lipinski definition) is 2. The zero-order valence-electron chi connectivity index (χ0n) is 14.7. The van der Waals surface area contributed by atoms with Gasteiger partial charge in [0, 0.05) is 42.7 Å². The summed E-state index contributed by atoms with van der Waals surface area (Å²) in [5.74, 6) is 0.905. The van der Waals surface area contributed by atoms with Crippen molar-refractivity contribution < 1.29 is 0 Å². The van der Waals surface area contributed by atoms with E-state index in [-0.39, 0.29) is 24.0 Å². The number of rotatable bonds is 4. The molecule has 0 aromatic heterocycles. The molecule has 0 bridgehead atoms. The zero-order valence-corrected chi connectivity index (χ0v) is 18.6. The Kier molecular flexibility index (Phi) is 7.37. The maximum Gasteiger partial charge on any atom is 0.191 e. The van der Waals surface area contributed by atoms with Crippen LogP contribution in [0.1, 0.15) is 37.3 Å². The minimum Gasteiger partial charge on any atom is -0.352 e. The topological polar surface area (TPSA) is 39.7 Å². The summed E-state index contributed by atoms with van der Waals surface area (Å²) in [4.78, 5) is 7.05. The molecule has 0 radical (unpaired) electrons. The highest BCUT2D eigenvalue weighted by atomic mass is 127. The fraction of sp³-hybridized carbons (Fsp3) is 0.611. The van der Waals surface area contributed by atoms with E-state index in [1.165, 1.54) is 30.4 Å². The van der Waals surface area contributed by atoms with Crippen molar-refractivity contribution >= 4 is 45.9 Å². The highest BCUT2D eigenvalue weighted by molar-refractivity contribution is 14.0. The summed E-state index contributed by atoms with van der Waals surface area (Å²) in [6.07, 6.45) is 3.97. The predicted octanol–water partition coefficient (Wildman–Crippen LogP) is 3.67. The van der Waals surface area contributed by atoms with E-state index >= 15 is 0 Å². The molecule has 3 rings (SSSR count). The lowest BCUT2D eigenvalue weighted by molar-refractivity contribution is 0.256. The third-order valence-electron chi connectivity index (χ3n) is 4.95. The van der Waals surface area contributed by atoms with Crippen LogP contribution in [0.15, 0.2) is 27.7 Å². The van der Waals surface area contributed by atoms with Crippen molar-refractivity contribution in [3.05, 3.63) is 33.8 Å². The summed E-state index contributed by atoms with van der Waals surface area (Å²) in [5, 5.41) is 7.05. The zero-order chi connectivity index (χ0) is 16.4. The van der Waals surface area contributed by atoms with E-state index in [0.29, 0.717) is 12.1 Å². The monoisotopic (exact) mass is 506 g/mol. The molecule has 2 aliphatic rings. The molecule has 2 atom stereocenters. The molecular weight excluding hydrogens is 479 g/mol. The molecule has 2 fully saturated rings. The smallest absolute Gasteiger partial charge is 0.191 e. The molecule has 134 valence electrons. The minimum absolute atomic E-state index is 0. The molecule has 24 heavy (non-hydrogen) atoms. The number of aryl methyl sites for hydroxylation is 1. The second-order valence-electron chi connectivity index (χ2n) is 6.85. The Labute approximate surface area is 171 Å². The van der Waals surface area contributed by atoms with Gasteiger partial charge in [0.05, 0.1) is 0 Å². The normalized spacial score (nSPS) is 24.6. The first-order valence-corrected chi connectivity index (χ1v) is 9.34. The molecule has 2 unspecified atom stereocenters. The highest BCUT2D eigenvalue weighted by Gasteiger charge is 2.38. The van der Waals surface area contributed by atoms with E-state index in [1.54, 1.807) is 0 Å². The number of halogens is 2. The molecule has 6 heteroatoms. The van der Waals surface area contributed by atoms with Gasteiger partial charge < -0.3 is 10.6 Å². The Balaban J connectivity index is 0.00000208. The minimum atomic E-state index is 0. The first kappa shape index (κ1) is 20.0. The molecule has 1 saturated carbocycles. The van der Waals surface area contributed by atoms with Crippen molar-refractivity contribution in [3.8, 4) is 0 Å². The van der Waals surface area contributed by atoms with Gasteiger partial charge in [0.2, 0.25) is 0 Å². The van der Waals surface area contributed by atoms with E-state index in [9.17, 15) is 0 Å². The van der Waals surface area contributed by atoms with Gasteiger partial charge in [-0.05, 0) is 56.4 Å². The first-order chi connectivity index (χ1) is 11.1. The van der Waals surface area contributed by atoms with Crippen LogP contribution < -0.4 is 10.6 Å². The van der Waals surface area contributed by atoms with Crippen LogP contribution in [0, 0.1) is 6.92 Å². The van der Waals surface area contributed by atoms with Gasteiger partial charge in [-0.25, -0.2) is 0 Å². The van der Waals surface area contributed by atoms with Crippen molar-refractivity contribution in [1.29, 1.82) is 0 Å². The van der Waals surface area contributed by atoms with Crippen LogP contribution in [0.25, 0.3) is 0 Å².